The SMILES string of the molecule is CNC(O)c1ccc(CC(C)C)cc1. The molecule has 2 nitrogen and oxygen atoms in total. The fourth-order valence-electron chi connectivity index (χ4n) is 1.47. The zero-order valence-electron chi connectivity index (χ0n) is 9.12. The molecular weight excluding hydrogens is 174 g/mol. The molecule has 14 heavy (non-hydrogen) atoms. The average Bonchev–Trinajstić information content (AvgIpc) is 2.17. The van der Waals surface area contributed by atoms with Crippen molar-refractivity contribution in [2.24, 2.45) is 5.92 Å². The third kappa shape index (κ3) is 3.13. The topological polar surface area (TPSA) is 32.3 Å². The summed E-state index contributed by atoms with van der Waals surface area (Å²) in [6.45, 7) is 4.41. The highest BCUT2D eigenvalue weighted by Crippen LogP contribution is 2.13. The number of aliphatic hydroxyl groups is 1. The average molecular weight is 193 g/mol. The molecule has 0 fully saturated rings. The van der Waals surface area contributed by atoms with Gasteiger partial charge in [-0.2, -0.15) is 0 Å². The number of aliphatic hydroxyl groups excluding tert-OH is 1. The first kappa shape index (κ1) is 11.2. The van der Waals surface area contributed by atoms with Crippen molar-refractivity contribution in [3.63, 3.8) is 0 Å². The monoisotopic (exact) mass is 193 g/mol. The lowest BCUT2D eigenvalue weighted by atomic mass is 10.0. The van der Waals surface area contributed by atoms with Crippen LogP contribution in [0.25, 0.3) is 0 Å². The molecule has 1 rings (SSSR count). The summed E-state index contributed by atoms with van der Waals surface area (Å²) in [5.74, 6) is 0.676. The normalized spacial score (nSPS) is 13.2. The zero-order chi connectivity index (χ0) is 10.6. The first-order valence-electron chi connectivity index (χ1n) is 5.07. The molecule has 0 saturated carbocycles. The van der Waals surface area contributed by atoms with Gasteiger partial charge in [0.05, 0.1) is 0 Å². The van der Waals surface area contributed by atoms with Gasteiger partial charge in [-0.05, 0) is 30.5 Å². The van der Waals surface area contributed by atoms with Gasteiger partial charge >= 0.3 is 0 Å². The lowest BCUT2D eigenvalue weighted by molar-refractivity contribution is 0.149. The summed E-state index contributed by atoms with van der Waals surface area (Å²) in [5, 5.41) is 12.3. The van der Waals surface area contributed by atoms with E-state index in [1.54, 1.807) is 7.05 Å². The Hall–Kier alpha value is -0.860. The van der Waals surface area contributed by atoms with Crippen LogP contribution in [0.3, 0.4) is 0 Å². The van der Waals surface area contributed by atoms with E-state index in [0.717, 1.165) is 12.0 Å². The van der Waals surface area contributed by atoms with Crippen molar-refractivity contribution in [1.82, 2.24) is 5.32 Å². The highest BCUT2D eigenvalue weighted by Gasteiger charge is 2.03. The summed E-state index contributed by atoms with van der Waals surface area (Å²) in [6.07, 6.45) is 0.540. The Kier molecular flexibility index (Phi) is 4.11. The van der Waals surface area contributed by atoms with Gasteiger partial charge < -0.3 is 5.11 Å². The van der Waals surface area contributed by atoms with E-state index in [2.05, 4.69) is 31.3 Å². The van der Waals surface area contributed by atoms with Gasteiger partial charge in [-0.1, -0.05) is 38.1 Å². The van der Waals surface area contributed by atoms with E-state index in [1.807, 2.05) is 12.1 Å². The van der Waals surface area contributed by atoms with Gasteiger partial charge in [-0.15, -0.1) is 0 Å². The number of hydrogen-bond acceptors (Lipinski definition) is 2. The molecule has 0 saturated heterocycles. The summed E-state index contributed by atoms with van der Waals surface area (Å²) >= 11 is 0. The minimum absolute atomic E-state index is 0.553. The molecule has 0 amide bonds. The fourth-order valence-corrected chi connectivity index (χ4v) is 1.47. The number of nitrogens with one attached hydrogen (secondary N) is 1. The molecule has 0 aliphatic heterocycles. The first-order chi connectivity index (χ1) is 6.63. The lowest BCUT2D eigenvalue weighted by Crippen LogP contribution is -2.15. The maximum atomic E-state index is 9.49. The standard InChI is InChI=1S/C12H19NO/c1-9(2)8-10-4-6-11(7-5-10)12(14)13-3/h4-7,9,12-14H,8H2,1-3H3. The van der Waals surface area contributed by atoms with E-state index in [4.69, 9.17) is 0 Å². The molecule has 0 aliphatic rings. The lowest BCUT2D eigenvalue weighted by Gasteiger charge is -2.10. The Bertz CT molecular complexity index is 266. The Balaban J connectivity index is 2.68. The van der Waals surface area contributed by atoms with Crippen molar-refractivity contribution in [1.29, 1.82) is 0 Å². The Morgan fingerprint density at radius 3 is 2.21 bits per heavy atom. The van der Waals surface area contributed by atoms with Gasteiger partial charge in [0, 0.05) is 0 Å². The van der Waals surface area contributed by atoms with Crippen LogP contribution in [0.1, 0.15) is 31.2 Å². The van der Waals surface area contributed by atoms with Crippen molar-refractivity contribution in [3.8, 4) is 0 Å². The summed E-state index contributed by atoms with van der Waals surface area (Å²) in [7, 11) is 1.74. The smallest absolute Gasteiger partial charge is 0.130 e. The third-order valence-corrected chi connectivity index (χ3v) is 2.21. The predicted molar refractivity (Wildman–Crippen MR) is 59.0 cm³/mol. The molecule has 1 unspecified atom stereocenters. The Morgan fingerprint density at radius 1 is 1.21 bits per heavy atom. The van der Waals surface area contributed by atoms with E-state index >= 15 is 0 Å². The van der Waals surface area contributed by atoms with Crippen LogP contribution in [0.5, 0.6) is 0 Å². The van der Waals surface area contributed by atoms with Gasteiger partial charge in [0.25, 0.3) is 0 Å². The van der Waals surface area contributed by atoms with Crippen LogP contribution in [-0.4, -0.2) is 12.2 Å². The molecule has 0 aromatic heterocycles. The van der Waals surface area contributed by atoms with Crippen molar-refractivity contribution in [3.05, 3.63) is 35.4 Å². The van der Waals surface area contributed by atoms with E-state index in [0.29, 0.717) is 5.92 Å². The fraction of sp³-hybridized carbons (Fsp3) is 0.500. The first-order valence-corrected chi connectivity index (χ1v) is 5.07. The molecule has 0 heterocycles. The molecule has 78 valence electrons. The van der Waals surface area contributed by atoms with Gasteiger partial charge in [0.15, 0.2) is 0 Å². The minimum atomic E-state index is -0.553. The minimum Gasteiger partial charge on any atom is -0.374 e. The third-order valence-electron chi connectivity index (χ3n) is 2.21. The van der Waals surface area contributed by atoms with Crippen molar-refractivity contribution in [2.45, 2.75) is 26.5 Å². The molecule has 1 aromatic rings. The van der Waals surface area contributed by atoms with Crippen LogP contribution < -0.4 is 5.32 Å². The van der Waals surface area contributed by atoms with Crippen LogP contribution in [0, 0.1) is 5.92 Å². The molecule has 2 N–H and O–H groups in total. The van der Waals surface area contributed by atoms with Crippen LogP contribution in [0.4, 0.5) is 0 Å². The van der Waals surface area contributed by atoms with E-state index in [1.165, 1.54) is 5.56 Å². The quantitative estimate of drug-likeness (QED) is 0.718. The van der Waals surface area contributed by atoms with E-state index in [9.17, 15) is 5.11 Å². The van der Waals surface area contributed by atoms with Crippen LogP contribution >= 0.6 is 0 Å². The van der Waals surface area contributed by atoms with Crippen LogP contribution in [0.2, 0.25) is 0 Å². The molecule has 1 aromatic carbocycles. The van der Waals surface area contributed by atoms with Crippen LogP contribution in [0.15, 0.2) is 24.3 Å². The predicted octanol–water partition coefficient (Wildman–Crippen LogP) is 2.10. The number of benzene rings is 1. The maximum absolute atomic E-state index is 9.49. The molecule has 0 spiro atoms. The molecule has 0 radical (unpaired) electrons. The van der Waals surface area contributed by atoms with Crippen molar-refractivity contribution >= 4 is 0 Å². The number of hydrogen-bond donors (Lipinski definition) is 2. The maximum Gasteiger partial charge on any atom is 0.130 e. The molecule has 1 atom stereocenters. The zero-order valence-corrected chi connectivity index (χ0v) is 9.12. The van der Waals surface area contributed by atoms with E-state index < -0.39 is 6.23 Å². The molecular formula is C12H19NO. The molecule has 0 aliphatic carbocycles. The Labute approximate surface area is 86.0 Å². The van der Waals surface area contributed by atoms with Gasteiger partial charge in [-0.3, -0.25) is 5.32 Å². The van der Waals surface area contributed by atoms with Crippen molar-refractivity contribution < 1.29 is 5.11 Å². The number of rotatable bonds is 4. The van der Waals surface area contributed by atoms with Crippen molar-refractivity contribution in [2.75, 3.05) is 7.05 Å². The molecule has 2 heteroatoms. The van der Waals surface area contributed by atoms with Gasteiger partial charge in [-0.25, -0.2) is 0 Å². The highest BCUT2D eigenvalue weighted by atomic mass is 16.3. The second kappa shape index (κ2) is 5.13. The van der Waals surface area contributed by atoms with Gasteiger partial charge in [0.2, 0.25) is 0 Å². The Morgan fingerprint density at radius 2 is 1.79 bits per heavy atom. The van der Waals surface area contributed by atoms with Gasteiger partial charge in [0.1, 0.15) is 6.23 Å². The molecule has 0 bridgehead atoms. The summed E-state index contributed by atoms with van der Waals surface area (Å²) in [4.78, 5) is 0. The largest absolute Gasteiger partial charge is 0.374 e. The highest BCUT2D eigenvalue weighted by molar-refractivity contribution is 5.24. The summed E-state index contributed by atoms with van der Waals surface area (Å²) in [6, 6.07) is 8.10. The second-order valence-corrected chi connectivity index (χ2v) is 4.03. The van der Waals surface area contributed by atoms with E-state index in [-0.39, 0.29) is 0 Å². The second-order valence-electron chi connectivity index (χ2n) is 4.03. The van der Waals surface area contributed by atoms with Crippen LogP contribution in [-0.2, 0) is 6.42 Å². The summed E-state index contributed by atoms with van der Waals surface area (Å²) in [5.41, 5.74) is 2.24. The summed E-state index contributed by atoms with van der Waals surface area (Å²) < 4.78 is 0.